The monoisotopic (exact) mass is 448 g/mol. The second kappa shape index (κ2) is 9.65. The number of rotatable bonds is 7. The van der Waals surface area contributed by atoms with Gasteiger partial charge in [-0.25, -0.2) is 12.8 Å². The summed E-state index contributed by atoms with van der Waals surface area (Å²) in [6, 6.07) is 11.7. The Morgan fingerprint density at radius 2 is 1.65 bits per heavy atom. The van der Waals surface area contributed by atoms with Gasteiger partial charge in [0.1, 0.15) is 11.9 Å². The molecule has 0 saturated carbocycles. The smallest absolute Gasteiger partial charge is 0.248 e. The first-order chi connectivity index (χ1) is 14.7. The maximum absolute atomic E-state index is 13.3. The number of carbonyl (C=O) groups excluding carboxylic acids is 1. The minimum absolute atomic E-state index is 0.247. The molecule has 1 aliphatic rings. The van der Waals surface area contributed by atoms with E-state index in [0.29, 0.717) is 5.69 Å². The number of anilines is 3. The highest BCUT2D eigenvalue weighted by Crippen LogP contribution is 2.24. The minimum Gasteiger partial charge on any atom is -0.369 e. The highest BCUT2D eigenvalue weighted by atomic mass is 32.2. The van der Waals surface area contributed by atoms with Gasteiger partial charge in [0, 0.05) is 37.6 Å². The van der Waals surface area contributed by atoms with Crippen LogP contribution in [0.5, 0.6) is 0 Å². The van der Waals surface area contributed by atoms with Crippen molar-refractivity contribution < 1.29 is 17.6 Å². The van der Waals surface area contributed by atoms with E-state index < -0.39 is 27.8 Å². The summed E-state index contributed by atoms with van der Waals surface area (Å²) in [5, 5.41) is 2.82. The van der Waals surface area contributed by atoms with Crippen molar-refractivity contribution in [3.05, 3.63) is 54.3 Å². The summed E-state index contributed by atoms with van der Waals surface area (Å²) in [6.07, 6.45) is 1.30. The zero-order chi connectivity index (χ0) is 22.6. The SMILES string of the molecule is CC[C@H](C(=O)Nc1ccc(N2CCN(C)CC2)cc1)N(c1ccc(F)cc1)S(C)(=O)=O. The van der Waals surface area contributed by atoms with Crippen LogP contribution >= 0.6 is 0 Å². The first-order valence-electron chi connectivity index (χ1n) is 10.3. The molecule has 9 heteroatoms. The minimum atomic E-state index is -3.77. The van der Waals surface area contributed by atoms with Gasteiger partial charge < -0.3 is 15.1 Å². The van der Waals surface area contributed by atoms with Crippen molar-refractivity contribution in [3.63, 3.8) is 0 Å². The predicted octanol–water partition coefficient (Wildman–Crippen LogP) is 2.76. The Labute approximate surface area is 183 Å². The predicted molar refractivity (Wildman–Crippen MR) is 123 cm³/mol. The molecular formula is C22H29FN4O3S. The number of hydrogen-bond acceptors (Lipinski definition) is 5. The van der Waals surface area contributed by atoms with Crippen LogP contribution in [0.25, 0.3) is 0 Å². The topological polar surface area (TPSA) is 73.0 Å². The van der Waals surface area contributed by atoms with Gasteiger partial charge in [-0.3, -0.25) is 9.10 Å². The molecule has 0 bridgehead atoms. The third kappa shape index (κ3) is 5.74. The maximum Gasteiger partial charge on any atom is 0.248 e. The quantitative estimate of drug-likeness (QED) is 0.705. The van der Waals surface area contributed by atoms with Crippen molar-refractivity contribution in [1.29, 1.82) is 0 Å². The zero-order valence-electron chi connectivity index (χ0n) is 18.1. The van der Waals surface area contributed by atoms with E-state index in [-0.39, 0.29) is 12.1 Å². The maximum atomic E-state index is 13.3. The number of nitrogens with zero attached hydrogens (tertiary/aromatic N) is 3. The molecule has 31 heavy (non-hydrogen) atoms. The van der Waals surface area contributed by atoms with Crippen LogP contribution in [-0.4, -0.2) is 64.7 Å². The average Bonchev–Trinajstić information content (AvgIpc) is 2.73. The van der Waals surface area contributed by atoms with E-state index in [1.165, 1.54) is 24.3 Å². The van der Waals surface area contributed by atoms with Crippen LogP contribution in [0.4, 0.5) is 21.5 Å². The lowest BCUT2D eigenvalue weighted by atomic mass is 10.1. The Kier molecular flexibility index (Phi) is 7.17. The number of sulfonamides is 1. The molecule has 1 heterocycles. The van der Waals surface area contributed by atoms with Crippen molar-refractivity contribution in [2.24, 2.45) is 0 Å². The number of hydrogen-bond donors (Lipinski definition) is 1. The van der Waals surface area contributed by atoms with Gasteiger partial charge in [-0.15, -0.1) is 0 Å². The Morgan fingerprint density at radius 1 is 1.06 bits per heavy atom. The van der Waals surface area contributed by atoms with E-state index in [1.807, 2.05) is 24.3 Å². The molecule has 1 fully saturated rings. The van der Waals surface area contributed by atoms with E-state index in [2.05, 4.69) is 22.2 Å². The largest absolute Gasteiger partial charge is 0.369 e. The van der Waals surface area contributed by atoms with Crippen LogP contribution in [0.3, 0.4) is 0 Å². The molecule has 7 nitrogen and oxygen atoms in total. The number of halogens is 1. The third-order valence-corrected chi connectivity index (χ3v) is 6.59. The molecule has 1 amide bonds. The Balaban J connectivity index is 1.75. The van der Waals surface area contributed by atoms with Crippen LogP contribution in [0.2, 0.25) is 0 Å². The van der Waals surface area contributed by atoms with Crippen LogP contribution < -0.4 is 14.5 Å². The molecule has 2 aromatic rings. The molecule has 0 aliphatic carbocycles. The molecule has 1 aliphatic heterocycles. The number of carbonyl (C=O) groups is 1. The molecule has 0 unspecified atom stereocenters. The second-order valence-corrected chi connectivity index (χ2v) is 9.65. The number of amides is 1. The summed E-state index contributed by atoms with van der Waals surface area (Å²) < 4.78 is 39.3. The van der Waals surface area contributed by atoms with Crippen molar-refractivity contribution in [2.45, 2.75) is 19.4 Å². The van der Waals surface area contributed by atoms with Crippen molar-refractivity contribution >= 4 is 33.0 Å². The van der Waals surface area contributed by atoms with Crippen molar-refractivity contribution in [2.75, 3.05) is 54.0 Å². The van der Waals surface area contributed by atoms with Gasteiger partial charge in [0.25, 0.3) is 0 Å². The van der Waals surface area contributed by atoms with Crippen LogP contribution in [0.1, 0.15) is 13.3 Å². The first kappa shape index (κ1) is 23.0. The van der Waals surface area contributed by atoms with Crippen LogP contribution in [0.15, 0.2) is 48.5 Å². The highest BCUT2D eigenvalue weighted by Gasteiger charge is 2.31. The molecule has 3 rings (SSSR count). The fraction of sp³-hybridized carbons (Fsp3) is 0.409. The van der Waals surface area contributed by atoms with Gasteiger partial charge >= 0.3 is 0 Å². The van der Waals surface area contributed by atoms with Gasteiger partial charge in [-0.05, 0) is 62.0 Å². The Morgan fingerprint density at radius 3 is 2.16 bits per heavy atom. The van der Waals surface area contributed by atoms with Gasteiger partial charge in [0.2, 0.25) is 15.9 Å². The Hall–Kier alpha value is -2.65. The number of piperazine rings is 1. The van der Waals surface area contributed by atoms with E-state index >= 15 is 0 Å². The summed E-state index contributed by atoms with van der Waals surface area (Å²) in [4.78, 5) is 17.6. The zero-order valence-corrected chi connectivity index (χ0v) is 18.9. The fourth-order valence-electron chi connectivity index (χ4n) is 3.69. The number of nitrogens with one attached hydrogen (secondary N) is 1. The standard InChI is InChI=1S/C22H29FN4O3S/c1-4-21(27(31(3,29)30)20-9-5-17(23)6-10-20)22(28)24-18-7-11-19(12-8-18)26-15-13-25(2)14-16-26/h5-12,21H,4,13-16H2,1-3H3,(H,24,28)/t21-/m1/s1. The average molecular weight is 449 g/mol. The van der Waals surface area contributed by atoms with Crippen molar-refractivity contribution in [1.82, 2.24) is 4.90 Å². The lowest BCUT2D eigenvalue weighted by Crippen LogP contribution is -2.47. The molecule has 0 radical (unpaired) electrons. The molecule has 2 aromatic carbocycles. The summed E-state index contributed by atoms with van der Waals surface area (Å²) in [6.45, 7) is 5.63. The van der Waals surface area contributed by atoms with Gasteiger partial charge in [-0.1, -0.05) is 6.92 Å². The molecule has 1 atom stereocenters. The van der Waals surface area contributed by atoms with E-state index in [0.717, 1.165) is 42.4 Å². The fourth-order valence-corrected chi connectivity index (χ4v) is 4.91. The molecule has 1 saturated heterocycles. The Bertz CT molecular complexity index is 988. The van der Waals surface area contributed by atoms with E-state index in [9.17, 15) is 17.6 Å². The summed E-state index contributed by atoms with van der Waals surface area (Å²) >= 11 is 0. The van der Waals surface area contributed by atoms with Crippen molar-refractivity contribution in [3.8, 4) is 0 Å². The summed E-state index contributed by atoms with van der Waals surface area (Å²) in [5.74, 6) is -0.917. The highest BCUT2D eigenvalue weighted by molar-refractivity contribution is 7.92. The van der Waals surface area contributed by atoms with E-state index in [4.69, 9.17) is 0 Å². The summed E-state index contributed by atoms with van der Waals surface area (Å²) in [5.41, 5.74) is 1.92. The summed E-state index contributed by atoms with van der Waals surface area (Å²) in [7, 11) is -1.66. The molecule has 168 valence electrons. The van der Waals surface area contributed by atoms with Crippen LogP contribution in [0, 0.1) is 5.82 Å². The number of likely N-dealkylation sites (N-methyl/N-ethyl adjacent to an activating group) is 1. The second-order valence-electron chi connectivity index (χ2n) is 7.79. The first-order valence-corrected chi connectivity index (χ1v) is 12.1. The van der Waals surface area contributed by atoms with Gasteiger partial charge in [0.05, 0.1) is 11.9 Å². The third-order valence-electron chi connectivity index (χ3n) is 5.41. The molecule has 0 aromatic heterocycles. The number of benzene rings is 2. The normalized spacial score (nSPS) is 16.1. The molecule has 1 N–H and O–H groups in total. The molecule has 0 spiro atoms. The van der Waals surface area contributed by atoms with Gasteiger partial charge in [0.15, 0.2) is 0 Å². The van der Waals surface area contributed by atoms with Gasteiger partial charge in [-0.2, -0.15) is 0 Å². The lowest BCUT2D eigenvalue weighted by molar-refractivity contribution is -0.117. The van der Waals surface area contributed by atoms with E-state index in [1.54, 1.807) is 6.92 Å². The van der Waals surface area contributed by atoms with Crippen LogP contribution in [-0.2, 0) is 14.8 Å². The molecular weight excluding hydrogens is 419 g/mol. The lowest BCUT2D eigenvalue weighted by Gasteiger charge is -2.34.